The predicted molar refractivity (Wildman–Crippen MR) is 141 cm³/mol. The molecule has 2 aromatic rings. The minimum absolute atomic E-state index is 0.0439. The first kappa shape index (κ1) is 25.7. The number of likely N-dealkylation sites (tertiary alicyclic amines) is 1. The molecule has 1 aromatic heterocycles. The molecule has 1 aliphatic heterocycles. The molecule has 2 saturated carbocycles. The Hall–Kier alpha value is -2.97. The lowest BCUT2D eigenvalue weighted by atomic mass is 9.79. The topological polar surface area (TPSA) is 104 Å². The number of carbonyl (C=O) groups excluding carboxylic acids is 2. The second-order valence-corrected chi connectivity index (χ2v) is 11.8. The third-order valence-corrected chi connectivity index (χ3v) is 7.89. The average molecular weight is 507 g/mol. The summed E-state index contributed by atoms with van der Waals surface area (Å²) in [5, 5.41) is 17.6. The van der Waals surface area contributed by atoms with E-state index in [0.717, 1.165) is 44.5 Å². The van der Waals surface area contributed by atoms with Crippen molar-refractivity contribution < 1.29 is 19.4 Å². The van der Waals surface area contributed by atoms with E-state index in [-0.39, 0.29) is 17.9 Å². The smallest absolute Gasteiger partial charge is 0.413 e. The largest absolute Gasteiger partial charge is 0.444 e. The molecule has 2 heterocycles. The number of amides is 2. The van der Waals surface area contributed by atoms with Crippen molar-refractivity contribution in [2.75, 3.05) is 18.4 Å². The standard InChI is InChI=1S/C29H38N4O4/c1-28(2,3)37-27(35)31-24-15-9-14-21(30-24)16-33-17-22-23(18-33)25(22)32-26(34)29(36,20-12-7-8-13-20)19-10-5-4-6-11-19/h4-6,9-11,14-15,20,22-23,25,36H,7-8,12-13,16-18H2,1-3H3,(H,32,34)(H,30,31,35)/t22-,23?,25?,29?/m0/s1. The third-order valence-electron chi connectivity index (χ3n) is 7.89. The van der Waals surface area contributed by atoms with Gasteiger partial charge in [0.1, 0.15) is 11.4 Å². The molecule has 3 N–H and O–H groups in total. The molecule has 0 radical (unpaired) electrons. The molecule has 1 saturated heterocycles. The van der Waals surface area contributed by atoms with Crippen LogP contribution < -0.4 is 10.6 Å². The zero-order chi connectivity index (χ0) is 26.2. The zero-order valence-electron chi connectivity index (χ0n) is 21.9. The molecule has 0 bridgehead atoms. The Morgan fingerprint density at radius 2 is 1.70 bits per heavy atom. The third kappa shape index (κ3) is 5.65. The number of rotatable bonds is 7. The van der Waals surface area contributed by atoms with Gasteiger partial charge in [0, 0.05) is 31.6 Å². The normalized spacial score (nSPS) is 25.2. The quantitative estimate of drug-likeness (QED) is 0.523. The lowest BCUT2D eigenvalue weighted by Crippen LogP contribution is -2.50. The average Bonchev–Trinajstić information content (AvgIpc) is 3.24. The number of aromatic nitrogens is 1. The minimum Gasteiger partial charge on any atom is -0.444 e. The van der Waals surface area contributed by atoms with Crippen LogP contribution in [0, 0.1) is 17.8 Å². The highest BCUT2D eigenvalue weighted by atomic mass is 16.6. The van der Waals surface area contributed by atoms with Gasteiger partial charge in [-0.25, -0.2) is 9.78 Å². The molecule has 8 nitrogen and oxygen atoms in total. The first-order valence-corrected chi connectivity index (χ1v) is 13.4. The van der Waals surface area contributed by atoms with Gasteiger partial charge in [0.15, 0.2) is 5.60 Å². The van der Waals surface area contributed by atoms with Gasteiger partial charge >= 0.3 is 6.09 Å². The van der Waals surface area contributed by atoms with Crippen LogP contribution >= 0.6 is 0 Å². The van der Waals surface area contributed by atoms with Crippen LogP contribution in [0.1, 0.15) is 57.7 Å². The molecule has 3 aliphatic rings. The lowest BCUT2D eigenvalue weighted by Gasteiger charge is -2.33. The molecule has 8 heteroatoms. The minimum atomic E-state index is -1.47. The number of hydrogen-bond donors (Lipinski definition) is 3. The SMILES string of the molecule is CC(C)(C)OC(=O)Nc1cccc(CN2CC3C(NC(=O)C(O)(c4ccccc4)C4CCCC4)[C@H]3C2)n1. The van der Waals surface area contributed by atoms with Crippen molar-refractivity contribution in [3.8, 4) is 0 Å². The van der Waals surface area contributed by atoms with E-state index in [1.807, 2.05) is 63.2 Å². The fourth-order valence-corrected chi connectivity index (χ4v) is 6.08. The molecule has 2 aliphatic carbocycles. The molecular weight excluding hydrogens is 468 g/mol. The van der Waals surface area contributed by atoms with Crippen molar-refractivity contribution in [2.45, 2.75) is 70.2 Å². The van der Waals surface area contributed by atoms with Crippen LogP contribution in [0.5, 0.6) is 0 Å². The summed E-state index contributed by atoms with van der Waals surface area (Å²) >= 11 is 0. The molecule has 3 fully saturated rings. The number of ether oxygens (including phenoxy) is 1. The van der Waals surface area contributed by atoms with Gasteiger partial charge in [-0.1, -0.05) is 49.2 Å². The van der Waals surface area contributed by atoms with E-state index in [0.29, 0.717) is 29.8 Å². The van der Waals surface area contributed by atoms with Crippen molar-refractivity contribution in [1.82, 2.24) is 15.2 Å². The van der Waals surface area contributed by atoms with Crippen molar-refractivity contribution in [2.24, 2.45) is 17.8 Å². The molecule has 37 heavy (non-hydrogen) atoms. The van der Waals surface area contributed by atoms with Gasteiger partial charge in [0.2, 0.25) is 0 Å². The van der Waals surface area contributed by atoms with Crippen molar-refractivity contribution in [3.05, 3.63) is 59.8 Å². The zero-order valence-corrected chi connectivity index (χ0v) is 21.9. The first-order chi connectivity index (χ1) is 17.6. The van der Waals surface area contributed by atoms with E-state index in [4.69, 9.17) is 4.74 Å². The molecule has 3 unspecified atom stereocenters. The highest BCUT2D eigenvalue weighted by Gasteiger charge is 2.58. The lowest BCUT2D eigenvalue weighted by molar-refractivity contribution is -0.147. The van der Waals surface area contributed by atoms with Crippen LogP contribution in [0.25, 0.3) is 0 Å². The van der Waals surface area contributed by atoms with Gasteiger partial charge in [-0.2, -0.15) is 0 Å². The summed E-state index contributed by atoms with van der Waals surface area (Å²) in [7, 11) is 0. The number of aliphatic hydroxyl groups is 1. The molecule has 1 aromatic carbocycles. The van der Waals surface area contributed by atoms with E-state index in [9.17, 15) is 14.7 Å². The van der Waals surface area contributed by atoms with E-state index in [1.165, 1.54) is 0 Å². The predicted octanol–water partition coefficient (Wildman–Crippen LogP) is 4.05. The molecule has 198 valence electrons. The Bertz CT molecular complexity index is 1120. The fraction of sp³-hybridized carbons (Fsp3) is 0.552. The van der Waals surface area contributed by atoms with Crippen LogP contribution in [0.4, 0.5) is 10.6 Å². The summed E-state index contributed by atoms with van der Waals surface area (Å²) in [5.41, 5.74) is -0.481. The Balaban J connectivity index is 1.16. The highest BCUT2D eigenvalue weighted by molar-refractivity contribution is 5.87. The highest BCUT2D eigenvalue weighted by Crippen LogP contribution is 2.47. The molecule has 5 rings (SSSR count). The van der Waals surface area contributed by atoms with Crippen LogP contribution in [0.2, 0.25) is 0 Å². The van der Waals surface area contributed by atoms with Crippen LogP contribution in [-0.4, -0.2) is 51.7 Å². The van der Waals surface area contributed by atoms with E-state index >= 15 is 0 Å². The van der Waals surface area contributed by atoms with Crippen molar-refractivity contribution >= 4 is 17.8 Å². The summed E-state index contributed by atoms with van der Waals surface area (Å²) in [4.78, 5) is 32.5. The maximum Gasteiger partial charge on any atom is 0.413 e. The fourth-order valence-electron chi connectivity index (χ4n) is 6.08. The number of carbonyl (C=O) groups is 2. The number of nitrogens with one attached hydrogen (secondary N) is 2. The Morgan fingerprint density at radius 3 is 2.35 bits per heavy atom. The summed E-state index contributed by atoms with van der Waals surface area (Å²) in [6.45, 7) is 7.88. The number of hydrogen-bond acceptors (Lipinski definition) is 6. The Morgan fingerprint density at radius 1 is 1.03 bits per heavy atom. The summed E-state index contributed by atoms with van der Waals surface area (Å²) < 4.78 is 5.31. The maximum atomic E-state index is 13.5. The molecule has 2 amide bonds. The van der Waals surface area contributed by atoms with Crippen LogP contribution in [-0.2, 0) is 21.7 Å². The van der Waals surface area contributed by atoms with E-state index in [2.05, 4.69) is 20.5 Å². The second-order valence-electron chi connectivity index (χ2n) is 11.8. The number of anilines is 1. The second kappa shape index (κ2) is 10.1. The van der Waals surface area contributed by atoms with Crippen LogP contribution in [0.15, 0.2) is 48.5 Å². The number of piperidine rings is 1. The van der Waals surface area contributed by atoms with Gasteiger partial charge < -0.3 is 15.2 Å². The van der Waals surface area contributed by atoms with E-state index in [1.54, 1.807) is 6.07 Å². The van der Waals surface area contributed by atoms with Gasteiger partial charge in [0.25, 0.3) is 5.91 Å². The number of nitrogens with zero attached hydrogens (tertiary/aromatic N) is 2. The Labute approximate surface area is 218 Å². The summed E-state index contributed by atoms with van der Waals surface area (Å²) in [5.74, 6) is 0.941. The number of pyridine rings is 1. The van der Waals surface area contributed by atoms with Crippen LogP contribution in [0.3, 0.4) is 0 Å². The molecular formula is C29H38N4O4. The Kier molecular flexibility index (Phi) is 6.98. The molecule has 4 atom stereocenters. The van der Waals surface area contributed by atoms with Gasteiger partial charge in [-0.05, 0) is 63.1 Å². The maximum absolute atomic E-state index is 13.5. The molecule has 0 spiro atoms. The first-order valence-electron chi connectivity index (χ1n) is 13.4. The number of benzene rings is 1. The number of fused-ring (bicyclic) bond motifs is 1. The van der Waals surface area contributed by atoms with Gasteiger partial charge in [-0.3, -0.25) is 15.0 Å². The van der Waals surface area contributed by atoms with Crippen molar-refractivity contribution in [3.63, 3.8) is 0 Å². The summed E-state index contributed by atoms with van der Waals surface area (Å²) in [6, 6.07) is 15.1. The van der Waals surface area contributed by atoms with Gasteiger partial charge in [0.05, 0.1) is 5.69 Å². The van der Waals surface area contributed by atoms with E-state index < -0.39 is 17.3 Å². The van der Waals surface area contributed by atoms with Crippen molar-refractivity contribution in [1.29, 1.82) is 0 Å². The summed E-state index contributed by atoms with van der Waals surface area (Å²) in [6.07, 6.45) is 3.34. The van der Waals surface area contributed by atoms with Gasteiger partial charge in [-0.15, -0.1) is 0 Å². The monoisotopic (exact) mass is 506 g/mol.